The third-order valence-corrected chi connectivity index (χ3v) is 5.59. The Morgan fingerprint density at radius 2 is 1.16 bits per heavy atom. The molecule has 0 saturated heterocycles. The average molecular weight is 495 g/mol. The van der Waals surface area contributed by atoms with Gasteiger partial charge in [0.25, 0.3) is 5.91 Å². The number of rotatable bonds is 8. The Bertz CT molecular complexity index is 1290. The van der Waals surface area contributed by atoms with E-state index in [2.05, 4.69) is 31.4 Å². The zero-order chi connectivity index (χ0) is 26.3. The van der Waals surface area contributed by atoms with Crippen LogP contribution in [0.15, 0.2) is 109 Å². The summed E-state index contributed by atoms with van der Waals surface area (Å²) in [6, 6.07) is 32.4. The number of carbonyl (C=O) groups is 2. The van der Waals surface area contributed by atoms with E-state index in [1.165, 1.54) is 0 Å². The van der Waals surface area contributed by atoms with Crippen LogP contribution in [-0.4, -0.2) is 18.1 Å². The van der Waals surface area contributed by atoms with Crippen LogP contribution in [-0.2, 0) is 10.2 Å². The molecule has 0 saturated carbocycles. The number of amides is 2. The maximum atomic E-state index is 13.1. The second-order valence-corrected chi connectivity index (χ2v) is 9.55. The molecule has 0 radical (unpaired) electrons. The number of hydrogen-bond acceptors (Lipinski definition) is 4. The predicted molar refractivity (Wildman–Crippen MR) is 146 cm³/mol. The highest BCUT2D eigenvalue weighted by Crippen LogP contribution is 2.23. The van der Waals surface area contributed by atoms with Crippen molar-refractivity contribution in [1.29, 1.82) is 0 Å². The summed E-state index contributed by atoms with van der Waals surface area (Å²) < 4.78 is 11.7. The van der Waals surface area contributed by atoms with Crippen LogP contribution in [0.25, 0.3) is 0 Å². The van der Waals surface area contributed by atoms with Crippen LogP contribution < -0.4 is 20.1 Å². The first-order valence-corrected chi connectivity index (χ1v) is 12.0. The van der Waals surface area contributed by atoms with Crippen molar-refractivity contribution in [2.75, 3.05) is 10.6 Å². The quantitative estimate of drug-likeness (QED) is 0.269. The molecule has 2 amide bonds. The molecule has 4 aromatic rings. The van der Waals surface area contributed by atoms with Gasteiger partial charge in [-0.3, -0.25) is 9.59 Å². The van der Waals surface area contributed by atoms with E-state index in [4.69, 9.17) is 9.47 Å². The summed E-state index contributed by atoms with van der Waals surface area (Å²) in [5.74, 6) is 0.268. The maximum Gasteiger partial charge on any atom is 0.321 e. The summed E-state index contributed by atoms with van der Waals surface area (Å²) >= 11 is 0. The van der Waals surface area contributed by atoms with Crippen molar-refractivity contribution in [3.8, 4) is 11.5 Å². The molecule has 6 heteroatoms. The van der Waals surface area contributed by atoms with Crippen molar-refractivity contribution in [3.63, 3.8) is 0 Å². The van der Waals surface area contributed by atoms with Gasteiger partial charge in [0.15, 0.2) is 0 Å². The topological polar surface area (TPSA) is 76.7 Å². The normalized spacial score (nSPS) is 11.0. The van der Waals surface area contributed by atoms with Gasteiger partial charge >= 0.3 is 12.2 Å². The molecule has 2 N–H and O–H groups in total. The Labute approximate surface area is 217 Å². The molecule has 0 unspecified atom stereocenters. The Hall–Kier alpha value is -4.58. The fraction of sp³-hybridized carbons (Fsp3) is 0.161. The largest absolute Gasteiger partial charge is 0.446 e. The van der Waals surface area contributed by atoms with E-state index in [0.29, 0.717) is 28.4 Å². The lowest BCUT2D eigenvalue weighted by Gasteiger charge is -2.20. The molecule has 0 atom stereocenters. The predicted octanol–water partition coefficient (Wildman–Crippen LogP) is 6.66. The highest BCUT2D eigenvalue weighted by molar-refractivity contribution is 6.04. The molecule has 0 aliphatic carbocycles. The number of carbonyl (C=O) groups excluding carboxylic acids is 2. The van der Waals surface area contributed by atoms with E-state index < -0.39 is 12.2 Å². The highest BCUT2D eigenvalue weighted by Gasteiger charge is 2.23. The molecule has 0 heterocycles. The highest BCUT2D eigenvalue weighted by atomic mass is 16.7. The van der Waals surface area contributed by atoms with Crippen LogP contribution in [0.2, 0.25) is 0 Å². The number of hydrogen-bond donors (Lipinski definition) is 2. The van der Waals surface area contributed by atoms with Gasteiger partial charge in [-0.05, 0) is 65.6 Å². The van der Waals surface area contributed by atoms with Gasteiger partial charge in [0.1, 0.15) is 11.5 Å². The molecular weight excluding hydrogens is 464 g/mol. The van der Waals surface area contributed by atoms with Crippen molar-refractivity contribution in [2.45, 2.75) is 32.5 Å². The summed E-state index contributed by atoms with van der Waals surface area (Å²) in [5, 5.41) is 5.71. The van der Waals surface area contributed by atoms with Gasteiger partial charge in [0, 0.05) is 16.9 Å². The standard InChI is InChI=1S/C31H30N2O4/c1-31(2,3)23-19-17-22(18-20-23)28(34)32-24-11-10-12-25(21-24)33-29(35)30(36-26-13-6-4-7-14-26)37-27-15-8-5-9-16-27/h4-21,30H,1-3H3,(H,32,34)(H,33,35). The van der Waals surface area contributed by atoms with Crippen molar-refractivity contribution < 1.29 is 19.1 Å². The summed E-state index contributed by atoms with van der Waals surface area (Å²) in [6.07, 6.45) is -1.23. The molecule has 4 rings (SSSR count). The van der Waals surface area contributed by atoms with Crippen molar-refractivity contribution in [1.82, 2.24) is 0 Å². The van der Waals surface area contributed by atoms with Gasteiger partial charge in [0.2, 0.25) is 0 Å². The van der Waals surface area contributed by atoms with E-state index in [1.807, 2.05) is 60.7 Å². The van der Waals surface area contributed by atoms with E-state index in [9.17, 15) is 9.59 Å². The summed E-state index contributed by atoms with van der Waals surface area (Å²) in [7, 11) is 0. The van der Waals surface area contributed by atoms with Crippen molar-refractivity contribution in [2.24, 2.45) is 0 Å². The van der Waals surface area contributed by atoms with Gasteiger partial charge < -0.3 is 20.1 Å². The van der Waals surface area contributed by atoms with Gasteiger partial charge in [-0.2, -0.15) is 0 Å². The van der Waals surface area contributed by atoms with Gasteiger partial charge in [0.05, 0.1) is 0 Å². The van der Waals surface area contributed by atoms with Crippen LogP contribution in [0.5, 0.6) is 11.5 Å². The lowest BCUT2D eigenvalue weighted by atomic mass is 9.87. The third kappa shape index (κ3) is 7.21. The van der Waals surface area contributed by atoms with Gasteiger partial charge in [-0.15, -0.1) is 0 Å². The number of nitrogens with one attached hydrogen (secondary N) is 2. The van der Waals surface area contributed by atoms with E-state index >= 15 is 0 Å². The minimum absolute atomic E-state index is 0.00779. The molecule has 0 aliphatic rings. The fourth-order valence-corrected chi connectivity index (χ4v) is 3.58. The molecule has 0 aliphatic heterocycles. The molecule has 37 heavy (non-hydrogen) atoms. The fourth-order valence-electron chi connectivity index (χ4n) is 3.58. The third-order valence-electron chi connectivity index (χ3n) is 5.59. The summed E-state index contributed by atoms with van der Waals surface area (Å²) in [5.41, 5.74) is 2.75. The van der Waals surface area contributed by atoms with Crippen molar-refractivity contribution in [3.05, 3.63) is 120 Å². The number of anilines is 2. The average Bonchev–Trinajstić information content (AvgIpc) is 2.89. The minimum Gasteiger partial charge on any atom is -0.446 e. The van der Waals surface area contributed by atoms with E-state index in [0.717, 1.165) is 5.56 Å². The Balaban J connectivity index is 1.45. The first-order chi connectivity index (χ1) is 17.8. The van der Waals surface area contributed by atoms with Crippen LogP contribution in [0, 0.1) is 0 Å². The molecule has 0 spiro atoms. The molecule has 6 nitrogen and oxygen atoms in total. The van der Waals surface area contributed by atoms with Crippen LogP contribution >= 0.6 is 0 Å². The number of benzene rings is 4. The van der Waals surface area contributed by atoms with Crippen LogP contribution in [0.4, 0.5) is 11.4 Å². The Morgan fingerprint density at radius 1 is 0.649 bits per heavy atom. The number of ether oxygens (including phenoxy) is 2. The number of para-hydroxylation sites is 2. The lowest BCUT2D eigenvalue weighted by molar-refractivity contribution is -0.134. The van der Waals surface area contributed by atoms with Gasteiger partial charge in [-0.25, -0.2) is 0 Å². The lowest BCUT2D eigenvalue weighted by Crippen LogP contribution is -2.38. The first kappa shape index (κ1) is 25.5. The molecule has 0 fully saturated rings. The molecule has 4 aromatic carbocycles. The monoisotopic (exact) mass is 494 g/mol. The SMILES string of the molecule is CC(C)(C)c1ccc(C(=O)Nc2cccc(NC(=O)C(Oc3ccccc3)Oc3ccccc3)c2)cc1. The zero-order valence-corrected chi connectivity index (χ0v) is 21.1. The summed E-state index contributed by atoms with van der Waals surface area (Å²) in [6.45, 7) is 6.38. The summed E-state index contributed by atoms with van der Waals surface area (Å²) in [4.78, 5) is 25.9. The molecule has 188 valence electrons. The second kappa shape index (κ2) is 11.4. The van der Waals surface area contributed by atoms with Gasteiger partial charge in [-0.1, -0.05) is 75.4 Å². The first-order valence-electron chi connectivity index (χ1n) is 12.0. The van der Waals surface area contributed by atoms with Crippen molar-refractivity contribution >= 4 is 23.2 Å². The minimum atomic E-state index is -1.23. The molecular formula is C31H30N2O4. The molecule has 0 bridgehead atoms. The smallest absolute Gasteiger partial charge is 0.321 e. The Kier molecular flexibility index (Phi) is 7.89. The van der Waals surface area contributed by atoms with Crippen LogP contribution in [0.3, 0.4) is 0 Å². The zero-order valence-electron chi connectivity index (χ0n) is 21.1. The molecule has 0 aromatic heterocycles. The Morgan fingerprint density at radius 3 is 1.68 bits per heavy atom. The van der Waals surface area contributed by atoms with E-state index in [1.54, 1.807) is 48.5 Å². The van der Waals surface area contributed by atoms with Crippen LogP contribution in [0.1, 0.15) is 36.7 Å². The second-order valence-electron chi connectivity index (χ2n) is 9.55. The maximum absolute atomic E-state index is 13.1. The van der Waals surface area contributed by atoms with E-state index in [-0.39, 0.29) is 11.3 Å².